The van der Waals surface area contributed by atoms with Crippen LogP contribution in [0.5, 0.6) is 5.75 Å². The van der Waals surface area contributed by atoms with Crippen LogP contribution in [0.1, 0.15) is 41.1 Å². The minimum atomic E-state index is -0.550. The van der Waals surface area contributed by atoms with Crippen LogP contribution in [-0.4, -0.2) is 37.0 Å². The third-order valence-corrected chi connectivity index (χ3v) is 5.23. The van der Waals surface area contributed by atoms with Gasteiger partial charge in [-0.3, -0.25) is 4.79 Å². The van der Waals surface area contributed by atoms with Crippen LogP contribution in [0.2, 0.25) is 0 Å². The second kappa shape index (κ2) is 8.91. The molecule has 0 fully saturated rings. The van der Waals surface area contributed by atoms with E-state index in [4.69, 9.17) is 9.47 Å². The third kappa shape index (κ3) is 4.71. The van der Waals surface area contributed by atoms with E-state index in [1.807, 2.05) is 44.2 Å². The van der Waals surface area contributed by atoms with Crippen LogP contribution < -0.4 is 4.74 Å². The molecule has 0 spiro atoms. The van der Waals surface area contributed by atoms with Crippen LogP contribution in [-0.2, 0) is 20.7 Å². The zero-order valence-electron chi connectivity index (χ0n) is 16.7. The Labute approximate surface area is 166 Å². The van der Waals surface area contributed by atoms with Gasteiger partial charge in [-0.1, -0.05) is 42.0 Å². The summed E-state index contributed by atoms with van der Waals surface area (Å²) >= 11 is 0. The lowest BCUT2D eigenvalue weighted by molar-refractivity contribution is -0.154. The minimum Gasteiger partial charge on any atom is -0.482 e. The largest absolute Gasteiger partial charge is 0.482 e. The van der Waals surface area contributed by atoms with E-state index in [9.17, 15) is 9.59 Å². The average Bonchev–Trinajstić information content (AvgIpc) is 2.70. The molecule has 0 radical (unpaired) electrons. The van der Waals surface area contributed by atoms with E-state index in [1.54, 1.807) is 11.9 Å². The molecule has 28 heavy (non-hydrogen) atoms. The predicted octanol–water partition coefficient (Wildman–Crippen LogP) is 3.76. The van der Waals surface area contributed by atoms with Gasteiger partial charge in [-0.05, 0) is 55.9 Å². The zero-order chi connectivity index (χ0) is 20.1. The summed E-state index contributed by atoms with van der Waals surface area (Å²) in [5.74, 6) is -0.114. The highest BCUT2D eigenvalue weighted by Crippen LogP contribution is 2.33. The number of rotatable bonds is 6. The molecule has 2 aromatic carbocycles. The number of likely N-dealkylation sites (N-methyl/N-ethyl adjacent to an activating group) is 1. The number of carbonyl (C=O) groups is 2. The molecule has 1 aliphatic rings. The van der Waals surface area contributed by atoms with E-state index in [0.29, 0.717) is 5.75 Å². The van der Waals surface area contributed by atoms with Crippen molar-refractivity contribution < 1.29 is 19.1 Å². The standard InChI is InChI=1S/C23H27NO4/c1-16-11-12-21(17(2)13-16)27-15-23(26)28-14-22(25)24(3)20-10-6-8-18-7-4-5-9-19(18)20/h4-5,7,9,11-13,20H,6,8,10,14-15H2,1-3H3/t20-/m0/s1. The van der Waals surface area contributed by atoms with Crippen LogP contribution in [0, 0.1) is 13.8 Å². The number of hydrogen-bond acceptors (Lipinski definition) is 4. The Morgan fingerprint density at radius 1 is 1.11 bits per heavy atom. The molecule has 0 N–H and O–H groups in total. The first-order chi connectivity index (χ1) is 13.5. The van der Waals surface area contributed by atoms with Crippen molar-refractivity contribution in [2.45, 2.75) is 39.2 Å². The normalized spacial score (nSPS) is 15.5. The summed E-state index contributed by atoms with van der Waals surface area (Å²) in [4.78, 5) is 26.2. The first-order valence-corrected chi connectivity index (χ1v) is 9.65. The number of benzene rings is 2. The van der Waals surface area contributed by atoms with E-state index < -0.39 is 5.97 Å². The Bertz CT molecular complexity index is 861. The zero-order valence-corrected chi connectivity index (χ0v) is 16.7. The number of amides is 1. The molecule has 0 aliphatic heterocycles. The molecule has 0 saturated carbocycles. The second-order valence-corrected chi connectivity index (χ2v) is 7.33. The van der Waals surface area contributed by atoms with Gasteiger partial charge in [-0.2, -0.15) is 0 Å². The number of ether oxygens (including phenoxy) is 2. The molecule has 148 valence electrons. The van der Waals surface area contributed by atoms with Gasteiger partial charge in [0.1, 0.15) is 5.75 Å². The van der Waals surface area contributed by atoms with Crippen LogP contribution >= 0.6 is 0 Å². The minimum absolute atomic E-state index is 0.0302. The first kappa shape index (κ1) is 19.9. The second-order valence-electron chi connectivity index (χ2n) is 7.33. The maximum atomic E-state index is 12.5. The van der Waals surface area contributed by atoms with Crippen molar-refractivity contribution in [3.8, 4) is 5.75 Å². The van der Waals surface area contributed by atoms with Crippen molar-refractivity contribution >= 4 is 11.9 Å². The van der Waals surface area contributed by atoms with E-state index in [2.05, 4.69) is 12.1 Å². The summed E-state index contributed by atoms with van der Waals surface area (Å²) in [5.41, 5.74) is 4.57. The van der Waals surface area contributed by atoms with Gasteiger partial charge in [0, 0.05) is 7.05 Å². The lowest BCUT2D eigenvalue weighted by Gasteiger charge is -2.33. The summed E-state index contributed by atoms with van der Waals surface area (Å²) in [5, 5.41) is 0. The van der Waals surface area contributed by atoms with Crippen LogP contribution in [0.3, 0.4) is 0 Å². The number of carbonyl (C=O) groups excluding carboxylic acids is 2. The number of hydrogen-bond donors (Lipinski definition) is 0. The van der Waals surface area contributed by atoms with Gasteiger partial charge >= 0.3 is 5.97 Å². The van der Waals surface area contributed by atoms with Gasteiger partial charge in [0.2, 0.25) is 0 Å². The summed E-state index contributed by atoms with van der Waals surface area (Å²) in [6.07, 6.45) is 3.01. The monoisotopic (exact) mass is 381 g/mol. The van der Waals surface area contributed by atoms with E-state index >= 15 is 0 Å². The Balaban J connectivity index is 1.50. The molecular weight excluding hydrogens is 354 g/mol. The highest BCUT2D eigenvalue weighted by molar-refractivity contribution is 5.81. The molecule has 5 heteroatoms. The summed E-state index contributed by atoms with van der Waals surface area (Å²) < 4.78 is 10.6. The van der Waals surface area contributed by atoms with E-state index in [0.717, 1.165) is 30.4 Å². The SMILES string of the molecule is Cc1ccc(OCC(=O)OCC(=O)N(C)[C@H]2CCCc3ccccc32)c(C)c1. The summed E-state index contributed by atoms with van der Waals surface area (Å²) in [6.45, 7) is 3.43. The van der Waals surface area contributed by atoms with E-state index in [1.165, 1.54) is 11.1 Å². The van der Waals surface area contributed by atoms with Crippen molar-refractivity contribution in [1.82, 2.24) is 4.90 Å². The van der Waals surface area contributed by atoms with E-state index in [-0.39, 0.29) is 25.2 Å². The molecule has 5 nitrogen and oxygen atoms in total. The Kier molecular flexibility index (Phi) is 6.34. The molecule has 0 unspecified atom stereocenters. The van der Waals surface area contributed by atoms with Crippen LogP contribution in [0.4, 0.5) is 0 Å². The molecule has 1 atom stereocenters. The van der Waals surface area contributed by atoms with Crippen molar-refractivity contribution in [3.05, 3.63) is 64.7 Å². The molecular formula is C23H27NO4. The number of esters is 1. The third-order valence-electron chi connectivity index (χ3n) is 5.23. The highest BCUT2D eigenvalue weighted by atomic mass is 16.6. The summed E-state index contributed by atoms with van der Waals surface area (Å²) in [6, 6.07) is 14.0. The smallest absolute Gasteiger partial charge is 0.344 e. The molecule has 2 aromatic rings. The topological polar surface area (TPSA) is 55.8 Å². The summed E-state index contributed by atoms with van der Waals surface area (Å²) in [7, 11) is 1.77. The van der Waals surface area contributed by atoms with Crippen LogP contribution in [0.25, 0.3) is 0 Å². The predicted molar refractivity (Wildman–Crippen MR) is 107 cm³/mol. The lowest BCUT2D eigenvalue weighted by atomic mass is 9.87. The average molecular weight is 381 g/mol. The number of aryl methyl sites for hydroxylation is 3. The van der Waals surface area contributed by atoms with Gasteiger partial charge in [0.05, 0.1) is 6.04 Å². The molecule has 0 saturated heterocycles. The van der Waals surface area contributed by atoms with Crippen molar-refractivity contribution in [2.75, 3.05) is 20.3 Å². The van der Waals surface area contributed by atoms with Gasteiger partial charge in [-0.25, -0.2) is 4.79 Å². The van der Waals surface area contributed by atoms with Crippen LogP contribution in [0.15, 0.2) is 42.5 Å². The number of nitrogens with zero attached hydrogens (tertiary/aromatic N) is 1. The van der Waals surface area contributed by atoms with Gasteiger partial charge < -0.3 is 14.4 Å². The molecule has 1 amide bonds. The maximum Gasteiger partial charge on any atom is 0.344 e. The molecule has 0 aromatic heterocycles. The van der Waals surface area contributed by atoms with Gasteiger partial charge in [0.15, 0.2) is 13.2 Å². The fourth-order valence-corrected chi connectivity index (χ4v) is 3.69. The number of fused-ring (bicyclic) bond motifs is 1. The van der Waals surface area contributed by atoms with Gasteiger partial charge in [-0.15, -0.1) is 0 Å². The Morgan fingerprint density at radius 3 is 2.68 bits per heavy atom. The highest BCUT2D eigenvalue weighted by Gasteiger charge is 2.26. The lowest BCUT2D eigenvalue weighted by Crippen LogP contribution is -2.36. The first-order valence-electron chi connectivity index (χ1n) is 9.65. The maximum absolute atomic E-state index is 12.5. The Hall–Kier alpha value is -2.82. The van der Waals surface area contributed by atoms with Gasteiger partial charge in [0.25, 0.3) is 5.91 Å². The fraction of sp³-hybridized carbons (Fsp3) is 0.391. The fourth-order valence-electron chi connectivity index (χ4n) is 3.69. The quantitative estimate of drug-likeness (QED) is 0.715. The van der Waals surface area contributed by atoms with Crippen molar-refractivity contribution in [1.29, 1.82) is 0 Å². The Morgan fingerprint density at radius 2 is 1.89 bits per heavy atom. The molecule has 1 aliphatic carbocycles. The van der Waals surface area contributed by atoms with Crippen molar-refractivity contribution in [2.24, 2.45) is 0 Å². The van der Waals surface area contributed by atoms with Crippen molar-refractivity contribution in [3.63, 3.8) is 0 Å². The molecule has 0 heterocycles. The molecule has 0 bridgehead atoms. The molecule has 3 rings (SSSR count).